The quantitative estimate of drug-likeness (QED) is 0.854. The Morgan fingerprint density at radius 3 is 2.79 bits per heavy atom. The van der Waals surface area contributed by atoms with Gasteiger partial charge in [0.1, 0.15) is 0 Å². The minimum absolute atomic E-state index is 0.155. The summed E-state index contributed by atoms with van der Waals surface area (Å²) in [6.07, 6.45) is 3.86. The lowest BCUT2D eigenvalue weighted by Crippen LogP contribution is -2.54. The normalized spacial score (nSPS) is 36.1. The van der Waals surface area contributed by atoms with Crippen LogP contribution in [0.15, 0.2) is 0 Å². The van der Waals surface area contributed by atoms with E-state index in [0.29, 0.717) is 19.1 Å². The zero-order valence-electron chi connectivity index (χ0n) is 12.4. The first-order chi connectivity index (χ1) is 8.83. The van der Waals surface area contributed by atoms with E-state index in [4.69, 9.17) is 4.74 Å². The number of rotatable bonds is 3. The maximum atomic E-state index is 11.8. The Hall–Kier alpha value is -0.610. The van der Waals surface area contributed by atoms with Crippen molar-refractivity contribution < 1.29 is 14.6 Å². The first-order valence-electron chi connectivity index (χ1n) is 7.43. The number of carboxylic acid groups (broad SMARTS) is 1. The third-order valence-electron chi connectivity index (χ3n) is 4.58. The number of carboxylic acids is 1. The number of carbonyl (C=O) groups is 1. The van der Waals surface area contributed by atoms with Crippen LogP contribution in [0.3, 0.4) is 0 Å². The molecule has 2 unspecified atom stereocenters. The molecule has 2 aliphatic rings. The number of morpholine rings is 1. The van der Waals surface area contributed by atoms with Crippen LogP contribution in [0.4, 0.5) is 0 Å². The van der Waals surface area contributed by atoms with Crippen molar-refractivity contribution in [1.29, 1.82) is 0 Å². The SMILES string of the molecule is CC1CCCC(CN2CCOC(C)(C)C2)(C(=O)O)C1. The average molecular weight is 269 g/mol. The smallest absolute Gasteiger partial charge is 0.310 e. The molecular weight excluding hydrogens is 242 g/mol. The molecule has 19 heavy (non-hydrogen) atoms. The van der Waals surface area contributed by atoms with E-state index in [2.05, 4.69) is 25.7 Å². The van der Waals surface area contributed by atoms with Gasteiger partial charge in [-0.3, -0.25) is 9.69 Å². The Bertz CT molecular complexity index is 342. The topological polar surface area (TPSA) is 49.8 Å². The Morgan fingerprint density at radius 2 is 2.21 bits per heavy atom. The van der Waals surface area contributed by atoms with Crippen molar-refractivity contribution in [1.82, 2.24) is 4.90 Å². The van der Waals surface area contributed by atoms with Crippen molar-refractivity contribution in [2.24, 2.45) is 11.3 Å². The van der Waals surface area contributed by atoms with Crippen molar-refractivity contribution in [3.63, 3.8) is 0 Å². The summed E-state index contributed by atoms with van der Waals surface area (Å²) in [5.41, 5.74) is -0.691. The summed E-state index contributed by atoms with van der Waals surface area (Å²) in [5, 5.41) is 9.71. The van der Waals surface area contributed by atoms with E-state index in [1.807, 2.05) is 0 Å². The molecule has 1 aliphatic heterocycles. The molecule has 1 saturated heterocycles. The molecule has 0 bridgehead atoms. The molecular formula is C15H27NO3. The molecule has 2 fully saturated rings. The van der Waals surface area contributed by atoms with E-state index in [9.17, 15) is 9.90 Å². The van der Waals surface area contributed by atoms with Crippen molar-refractivity contribution >= 4 is 5.97 Å². The standard InChI is InChI=1S/C15H27NO3/c1-12-5-4-6-15(9-12,13(17)18)11-16-7-8-19-14(2,3)10-16/h12H,4-11H2,1-3H3,(H,17,18). The van der Waals surface area contributed by atoms with E-state index in [1.54, 1.807) is 0 Å². The summed E-state index contributed by atoms with van der Waals surface area (Å²) in [7, 11) is 0. The first kappa shape index (κ1) is 14.8. The highest BCUT2D eigenvalue weighted by Crippen LogP contribution is 2.40. The van der Waals surface area contributed by atoms with E-state index in [-0.39, 0.29) is 5.60 Å². The van der Waals surface area contributed by atoms with Gasteiger partial charge in [-0.2, -0.15) is 0 Å². The number of aliphatic carboxylic acids is 1. The minimum atomic E-state index is -0.608. The highest BCUT2D eigenvalue weighted by atomic mass is 16.5. The van der Waals surface area contributed by atoms with E-state index in [0.717, 1.165) is 32.4 Å². The van der Waals surface area contributed by atoms with E-state index in [1.165, 1.54) is 6.42 Å². The van der Waals surface area contributed by atoms with Gasteiger partial charge in [0.25, 0.3) is 0 Å². The van der Waals surface area contributed by atoms with Gasteiger partial charge in [0, 0.05) is 19.6 Å². The Labute approximate surface area is 116 Å². The fraction of sp³-hybridized carbons (Fsp3) is 0.933. The molecule has 1 heterocycles. The summed E-state index contributed by atoms with van der Waals surface area (Å²) < 4.78 is 5.71. The lowest BCUT2D eigenvalue weighted by molar-refractivity contribution is -0.157. The Morgan fingerprint density at radius 1 is 1.47 bits per heavy atom. The van der Waals surface area contributed by atoms with Gasteiger partial charge in [-0.05, 0) is 32.6 Å². The molecule has 1 aliphatic carbocycles. The summed E-state index contributed by atoms with van der Waals surface area (Å²) in [6, 6.07) is 0. The molecule has 1 N–H and O–H groups in total. The van der Waals surface area contributed by atoms with Crippen LogP contribution in [0.5, 0.6) is 0 Å². The van der Waals surface area contributed by atoms with Gasteiger partial charge >= 0.3 is 5.97 Å². The minimum Gasteiger partial charge on any atom is -0.481 e. The highest BCUT2D eigenvalue weighted by molar-refractivity contribution is 5.75. The van der Waals surface area contributed by atoms with Crippen LogP contribution in [-0.2, 0) is 9.53 Å². The van der Waals surface area contributed by atoms with Crippen LogP contribution in [0.1, 0.15) is 46.5 Å². The fourth-order valence-electron chi connectivity index (χ4n) is 3.74. The zero-order valence-corrected chi connectivity index (χ0v) is 12.4. The van der Waals surface area contributed by atoms with Gasteiger partial charge in [0.2, 0.25) is 0 Å². The van der Waals surface area contributed by atoms with Crippen LogP contribution < -0.4 is 0 Å². The number of ether oxygens (including phenoxy) is 1. The summed E-state index contributed by atoms with van der Waals surface area (Å²) in [5.74, 6) is -0.0813. The van der Waals surface area contributed by atoms with Gasteiger partial charge < -0.3 is 9.84 Å². The third-order valence-corrected chi connectivity index (χ3v) is 4.58. The molecule has 4 heteroatoms. The predicted octanol–water partition coefficient (Wildman–Crippen LogP) is 2.38. The molecule has 2 rings (SSSR count). The van der Waals surface area contributed by atoms with Gasteiger partial charge in [-0.25, -0.2) is 0 Å². The molecule has 0 radical (unpaired) electrons. The molecule has 0 amide bonds. The fourth-order valence-corrected chi connectivity index (χ4v) is 3.74. The number of nitrogens with zero attached hydrogens (tertiary/aromatic N) is 1. The van der Waals surface area contributed by atoms with E-state index >= 15 is 0 Å². The van der Waals surface area contributed by atoms with Crippen molar-refractivity contribution in [2.45, 2.75) is 52.1 Å². The zero-order chi connectivity index (χ0) is 14.1. The van der Waals surface area contributed by atoms with Crippen molar-refractivity contribution in [2.75, 3.05) is 26.2 Å². The molecule has 0 aromatic heterocycles. The summed E-state index contributed by atoms with van der Waals surface area (Å²) in [6.45, 7) is 9.41. The molecule has 2 atom stereocenters. The van der Waals surface area contributed by atoms with Gasteiger partial charge in [-0.1, -0.05) is 19.8 Å². The lowest BCUT2D eigenvalue weighted by Gasteiger charge is -2.44. The van der Waals surface area contributed by atoms with Crippen LogP contribution in [0, 0.1) is 11.3 Å². The number of hydrogen-bond acceptors (Lipinski definition) is 3. The van der Waals surface area contributed by atoms with Crippen molar-refractivity contribution in [3.05, 3.63) is 0 Å². The maximum absolute atomic E-state index is 11.8. The second kappa shape index (κ2) is 5.41. The molecule has 0 aromatic rings. The first-order valence-corrected chi connectivity index (χ1v) is 7.43. The predicted molar refractivity (Wildman–Crippen MR) is 74.2 cm³/mol. The van der Waals surface area contributed by atoms with Crippen LogP contribution in [0.2, 0.25) is 0 Å². The van der Waals surface area contributed by atoms with Gasteiger partial charge in [0.15, 0.2) is 0 Å². The summed E-state index contributed by atoms with van der Waals surface area (Å²) >= 11 is 0. The Kier molecular flexibility index (Phi) is 4.21. The molecule has 1 saturated carbocycles. The van der Waals surface area contributed by atoms with Crippen LogP contribution in [0.25, 0.3) is 0 Å². The van der Waals surface area contributed by atoms with Crippen LogP contribution in [-0.4, -0.2) is 47.8 Å². The maximum Gasteiger partial charge on any atom is 0.310 e. The second-order valence-electron chi connectivity index (χ2n) is 7.11. The lowest BCUT2D eigenvalue weighted by atomic mass is 9.69. The van der Waals surface area contributed by atoms with E-state index < -0.39 is 11.4 Å². The summed E-state index contributed by atoms with van der Waals surface area (Å²) in [4.78, 5) is 14.1. The molecule has 4 nitrogen and oxygen atoms in total. The second-order valence-corrected chi connectivity index (χ2v) is 7.11. The molecule has 0 aromatic carbocycles. The highest BCUT2D eigenvalue weighted by Gasteiger charge is 2.44. The third kappa shape index (κ3) is 3.48. The van der Waals surface area contributed by atoms with Gasteiger partial charge in [-0.15, -0.1) is 0 Å². The van der Waals surface area contributed by atoms with Crippen LogP contribution >= 0.6 is 0 Å². The number of hydrogen-bond donors (Lipinski definition) is 1. The molecule has 0 spiro atoms. The molecule has 110 valence electrons. The van der Waals surface area contributed by atoms with Crippen molar-refractivity contribution in [3.8, 4) is 0 Å². The monoisotopic (exact) mass is 269 g/mol. The van der Waals surface area contributed by atoms with Gasteiger partial charge in [0.05, 0.1) is 17.6 Å². The Balaban J connectivity index is 2.06. The largest absolute Gasteiger partial charge is 0.481 e. The average Bonchev–Trinajstić information content (AvgIpc) is 2.27.